The summed E-state index contributed by atoms with van der Waals surface area (Å²) in [6.45, 7) is 5.52. The van der Waals surface area contributed by atoms with Crippen molar-refractivity contribution in [3.63, 3.8) is 0 Å². The molecule has 11 heavy (non-hydrogen) atoms. The molecule has 3 heteroatoms. The summed E-state index contributed by atoms with van der Waals surface area (Å²) in [6.07, 6.45) is 0. The maximum Gasteiger partial charge on any atom is 0.311 e. The highest BCUT2D eigenvalue weighted by Gasteiger charge is 2.31. The number of hydrogen-bond donors (Lipinski definition) is 1. The third kappa shape index (κ3) is 2.89. The average molecular weight is 160 g/mol. The van der Waals surface area contributed by atoms with Gasteiger partial charge in [0.2, 0.25) is 0 Å². The lowest BCUT2D eigenvalue weighted by Gasteiger charge is -2.26. The molecule has 0 spiro atoms. The predicted molar refractivity (Wildman–Crippen MR) is 42.0 cm³/mol. The first kappa shape index (κ1) is 10.4. The summed E-state index contributed by atoms with van der Waals surface area (Å²) in [5, 5.41) is 8.86. The Balaban J connectivity index is 4.29. The Morgan fingerprint density at radius 3 is 2.09 bits per heavy atom. The number of ether oxygens (including phenoxy) is 1. The van der Waals surface area contributed by atoms with Crippen LogP contribution in [0.15, 0.2) is 0 Å². The lowest BCUT2D eigenvalue weighted by atomic mass is 9.81. The van der Waals surface area contributed by atoms with E-state index in [1.807, 2.05) is 20.8 Å². The van der Waals surface area contributed by atoms with E-state index < -0.39 is 5.92 Å². The summed E-state index contributed by atoms with van der Waals surface area (Å²) in [6, 6.07) is 0. The molecule has 0 fully saturated rings. The van der Waals surface area contributed by atoms with Crippen LogP contribution in [0.25, 0.3) is 0 Å². The highest BCUT2D eigenvalue weighted by molar-refractivity contribution is 5.73. The molecule has 1 N–H and O–H groups in total. The standard InChI is InChI=1S/C8H16O3/c1-8(2,3)6(5-9)7(10)11-4/h6,9H,5H2,1-4H3. The molecule has 0 aliphatic rings. The third-order valence-electron chi connectivity index (χ3n) is 1.71. The molecular formula is C8H16O3. The summed E-state index contributed by atoms with van der Waals surface area (Å²) < 4.78 is 4.53. The molecule has 0 aliphatic heterocycles. The summed E-state index contributed by atoms with van der Waals surface area (Å²) >= 11 is 0. The monoisotopic (exact) mass is 160 g/mol. The molecule has 66 valence electrons. The molecule has 0 rings (SSSR count). The van der Waals surface area contributed by atoms with Crippen molar-refractivity contribution in [1.82, 2.24) is 0 Å². The Kier molecular flexibility index (Phi) is 3.52. The first-order valence-corrected chi connectivity index (χ1v) is 3.62. The average Bonchev–Trinajstić information content (AvgIpc) is 1.86. The number of esters is 1. The summed E-state index contributed by atoms with van der Waals surface area (Å²) in [5.41, 5.74) is -0.234. The third-order valence-corrected chi connectivity index (χ3v) is 1.71. The number of carbonyl (C=O) groups excluding carboxylic acids is 1. The predicted octanol–water partition coefficient (Wildman–Crippen LogP) is 0.814. The van der Waals surface area contributed by atoms with Crippen LogP contribution in [0.1, 0.15) is 20.8 Å². The number of carbonyl (C=O) groups is 1. The van der Waals surface area contributed by atoms with Crippen LogP contribution in [0.4, 0.5) is 0 Å². The van der Waals surface area contributed by atoms with Gasteiger partial charge in [0, 0.05) is 0 Å². The second-order valence-corrected chi connectivity index (χ2v) is 3.62. The van der Waals surface area contributed by atoms with Crippen LogP contribution in [0.5, 0.6) is 0 Å². The van der Waals surface area contributed by atoms with Crippen LogP contribution in [0, 0.1) is 11.3 Å². The van der Waals surface area contributed by atoms with E-state index in [-0.39, 0.29) is 18.0 Å². The van der Waals surface area contributed by atoms with Crippen molar-refractivity contribution in [1.29, 1.82) is 0 Å². The zero-order chi connectivity index (χ0) is 9.07. The van der Waals surface area contributed by atoms with Crippen LogP contribution in [-0.4, -0.2) is 24.8 Å². The van der Waals surface area contributed by atoms with Gasteiger partial charge in [-0.25, -0.2) is 0 Å². The minimum Gasteiger partial charge on any atom is -0.469 e. The first-order chi connectivity index (χ1) is 4.93. The van der Waals surface area contributed by atoms with Gasteiger partial charge in [0.1, 0.15) is 0 Å². The maximum absolute atomic E-state index is 11.0. The van der Waals surface area contributed by atoms with Crippen molar-refractivity contribution in [3.8, 4) is 0 Å². The van der Waals surface area contributed by atoms with Crippen molar-refractivity contribution in [3.05, 3.63) is 0 Å². The molecule has 0 aromatic heterocycles. The van der Waals surface area contributed by atoms with E-state index >= 15 is 0 Å². The Morgan fingerprint density at radius 1 is 1.55 bits per heavy atom. The molecule has 1 atom stereocenters. The van der Waals surface area contributed by atoms with E-state index in [1.165, 1.54) is 7.11 Å². The Labute approximate surface area is 67.4 Å². The van der Waals surface area contributed by atoms with Gasteiger partial charge < -0.3 is 9.84 Å². The molecule has 0 radical (unpaired) electrons. The number of aliphatic hydroxyl groups is 1. The van der Waals surface area contributed by atoms with Gasteiger partial charge in [0.15, 0.2) is 0 Å². The highest BCUT2D eigenvalue weighted by atomic mass is 16.5. The maximum atomic E-state index is 11.0. The minimum atomic E-state index is -0.424. The van der Waals surface area contributed by atoms with Crippen LogP contribution in [0.3, 0.4) is 0 Å². The van der Waals surface area contributed by atoms with Crippen LogP contribution in [-0.2, 0) is 9.53 Å². The Hall–Kier alpha value is -0.570. The molecule has 0 aromatic carbocycles. The van der Waals surface area contributed by atoms with E-state index in [1.54, 1.807) is 0 Å². The Morgan fingerprint density at radius 2 is 2.00 bits per heavy atom. The number of rotatable bonds is 2. The van der Waals surface area contributed by atoms with E-state index in [0.29, 0.717) is 0 Å². The van der Waals surface area contributed by atoms with Crippen molar-refractivity contribution in [2.75, 3.05) is 13.7 Å². The zero-order valence-corrected chi connectivity index (χ0v) is 7.55. The van der Waals surface area contributed by atoms with Gasteiger partial charge in [-0.3, -0.25) is 4.79 Å². The SMILES string of the molecule is COC(=O)C(CO)C(C)(C)C. The highest BCUT2D eigenvalue weighted by Crippen LogP contribution is 2.26. The van der Waals surface area contributed by atoms with E-state index in [9.17, 15) is 4.79 Å². The van der Waals surface area contributed by atoms with E-state index in [0.717, 1.165) is 0 Å². The zero-order valence-electron chi connectivity index (χ0n) is 7.55. The summed E-state index contributed by atoms with van der Waals surface area (Å²) in [5.74, 6) is -0.771. The lowest BCUT2D eigenvalue weighted by Crippen LogP contribution is -2.32. The number of aliphatic hydroxyl groups excluding tert-OH is 1. The summed E-state index contributed by atoms with van der Waals surface area (Å²) in [4.78, 5) is 11.0. The largest absolute Gasteiger partial charge is 0.469 e. The van der Waals surface area contributed by atoms with Gasteiger partial charge >= 0.3 is 5.97 Å². The fraction of sp³-hybridized carbons (Fsp3) is 0.875. The van der Waals surface area contributed by atoms with E-state index in [4.69, 9.17) is 5.11 Å². The van der Waals surface area contributed by atoms with Gasteiger partial charge in [-0.15, -0.1) is 0 Å². The van der Waals surface area contributed by atoms with Crippen LogP contribution >= 0.6 is 0 Å². The second-order valence-electron chi connectivity index (χ2n) is 3.62. The summed E-state index contributed by atoms with van der Waals surface area (Å²) in [7, 11) is 1.33. The molecule has 0 saturated carbocycles. The van der Waals surface area contributed by atoms with Gasteiger partial charge in [-0.1, -0.05) is 20.8 Å². The number of hydrogen-bond acceptors (Lipinski definition) is 3. The quantitative estimate of drug-likeness (QED) is 0.608. The molecule has 3 nitrogen and oxygen atoms in total. The van der Waals surface area contributed by atoms with Crippen molar-refractivity contribution < 1.29 is 14.6 Å². The topological polar surface area (TPSA) is 46.5 Å². The van der Waals surface area contributed by atoms with Crippen molar-refractivity contribution in [2.45, 2.75) is 20.8 Å². The second kappa shape index (κ2) is 3.72. The molecule has 0 aromatic rings. The lowest BCUT2D eigenvalue weighted by molar-refractivity contribution is -0.151. The molecular weight excluding hydrogens is 144 g/mol. The normalized spacial score (nSPS) is 14.3. The molecule has 0 saturated heterocycles. The molecule has 0 amide bonds. The fourth-order valence-electron chi connectivity index (χ4n) is 0.844. The van der Waals surface area contributed by atoms with E-state index in [2.05, 4.69) is 4.74 Å². The van der Waals surface area contributed by atoms with Crippen LogP contribution in [0.2, 0.25) is 0 Å². The van der Waals surface area contributed by atoms with Gasteiger partial charge in [-0.05, 0) is 5.41 Å². The fourth-order valence-corrected chi connectivity index (χ4v) is 0.844. The van der Waals surface area contributed by atoms with Crippen molar-refractivity contribution in [2.24, 2.45) is 11.3 Å². The molecule has 0 aliphatic carbocycles. The first-order valence-electron chi connectivity index (χ1n) is 3.62. The van der Waals surface area contributed by atoms with Crippen molar-refractivity contribution >= 4 is 5.97 Å². The Bertz CT molecular complexity index is 135. The van der Waals surface area contributed by atoms with Gasteiger partial charge in [-0.2, -0.15) is 0 Å². The smallest absolute Gasteiger partial charge is 0.311 e. The molecule has 0 bridgehead atoms. The molecule has 1 unspecified atom stereocenters. The minimum absolute atomic E-state index is 0.157. The van der Waals surface area contributed by atoms with Gasteiger partial charge in [0.05, 0.1) is 19.6 Å². The van der Waals surface area contributed by atoms with Crippen LogP contribution < -0.4 is 0 Å². The van der Waals surface area contributed by atoms with Gasteiger partial charge in [0.25, 0.3) is 0 Å². The number of methoxy groups -OCH3 is 1. The molecule has 0 heterocycles.